The zero-order valence-electron chi connectivity index (χ0n) is 13.2. The molecule has 0 unspecified atom stereocenters. The molecule has 0 saturated carbocycles. The second-order valence-electron chi connectivity index (χ2n) is 4.86. The fourth-order valence-electron chi connectivity index (χ4n) is 2.40. The molecule has 0 saturated heterocycles. The van der Waals surface area contributed by atoms with Gasteiger partial charge in [-0.15, -0.1) is 0 Å². The second-order valence-corrected chi connectivity index (χ2v) is 4.86. The van der Waals surface area contributed by atoms with Gasteiger partial charge in [0, 0.05) is 5.56 Å². The van der Waals surface area contributed by atoms with Gasteiger partial charge in [0.15, 0.2) is 5.76 Å². The first-order chi connectivity index (χ1) is 11.3. The zero-order chi connectivity index (χ0) is 16.2. The van der Waals surface area contributed by atoms with Crippen LogP contribution in [-0.2, 0) is 0 Å². The molecule has 0 fully saturated rings. The molecule has 0 radical (unpaired) electrons. The van der Waals surface area contributed by atoms with Gasteiger partial charge in [0.25, 0.3) is 0 Å². The predicted octanol–water partition coefficient (Wildman–Crippen LogP) is 4.03. The molecule has 0 atom stereocenters. The van der Waals surface area contributed by atoms with Gasteiger partial charge in [-0.3, -0.25) is 0 Å². The number of aromatic nitrogens is 1. The maximum Gasteiger partial charge on any atom is 0.178 e. The lowest BCUT2D eigenvalue weighted by Crippen LogP contribution is -1.91. The Morgan fingerprint density at radius 1 is 0.783 bits per heavy atom. The summed E-state index contributed by atoms with van der Waals surface area (Å²) in [5, 5.41) is 3.95. The molecule has 0 N–H and O–H groups in total. The maximum atomic E-state index is 5.49. The minimum Gasteiger partial charge on any atom is -0.497 e. The van der Waals surface area contributed by atoms with Crippen molar-refractivity contribution in [3.05, 3.63) is 48.7 Å². The van der Waals surface area contributed by atoms with Gasteiger partial charge in [0.05, 0.1) is 33.1 Å². The minimum atomic E-state index is 0.630. The molecule has 1 heterocycles. The number of ether oxygens (including phenoxy) is 3. The highest BCUT2D eigenvalue weighted by molar-refractivity contribution is 5.82. The van der Waals surface area contributed by atoms with Crippen molar-refractivity contribution in [1.29, 1.82) is 0 Å². The third kappa shape index (κ3) is 2.85. The van der Waals surface area contributed by atoms with E-state index in [1.165, 1.54) is 0 Å². The summed E-state index contributed by atoms with van der Waals surface area (Å²) >= 11 is 0. The number of benzene rings is 2. The van der Waals surface area contributed by atoms with Crippen molar-refractivity contribution in [1.82, 2.24) is 5.16 Å². The predicted molar refractivity (Wildman–Crippen MR) is 87.0 cm³/mol. The van der Waals surface area contributed by atoms with Gasteiger partial charge in [-0.1, -0.05) is 17.3 Å². The van der Waals surface area contributed by atoms with Crippen molar-refractivity contribution in [3.63, 3.8) is 0 Å². The van der Waals surface area contributed by atoms with Gasteiger partial charge in [0.1, 0.15) is 17.2 Å². The van der Waals surface area contributed by atoms with E-state index in [1.807, 2.05) is 42.5 Å². The van der Waals surface area contributed by atoms with Crippen molar-refractivity contribution in [2.45, 2.75) is 0 Å². The molecule has 3 aromatic rings. The van der Waals surface area contributed by atoms with Crippen LogP contribution in [0.15, 0.2) is 53.2 Å². The second kappa shape index (κ2) is 6.44. The molecule has 0 aliphatic rings. The third-order valence-corrected chi connectivity index (χ3v) is 3.62. The van der Waals surface area contributed by atoms with Crippen molar-refractivity contribution in [2.75, 3.05) is 21.3 Å². The molecule has 2 aromatic carbocycles. The van der Waals surface area contributed by atoms with E-state index in [0.717, 1.165) is 28.2 Å². The van der Waals surface area contributed by atoms with E-state index in [4.69, 9.17) is 18.7 Å². The molecule has 0 amide bonds. The number of hydrogen-bond donors (Lipinski definition) is 0. The number of methoxy groups -OCH3 is 3. The van der Waals surface area contributed by atoms with Gasteiger partial charge in [0.2, 0.25) is 0 Å². The first-order valence-corrected chi connectivity index (χ1v) is 7.08. The van der Waals surface area contributed by atoms with E-state index in [0.29, 0.717) is 11.5 Å². The van der Waals surface area contributed by atoms with Gasteiger partial charge in [-0.2, -0.15) is 0 Å². The SMILES string of the molecule is COc1ccc(-c2cnoc2-c2cc(OC)ccc2OC)cc1. The van der Waals surface area contributed by atoms with Crippen molar-refractivity contribution < 1.29 is 18.7 Å². The van der Waals surface area contributed by atoms with Crippen LogP contribution in [0.25, 0.3) is 22.5 Å². The molecular weight excluding hydrogens is 294 g/mol. The van der Waals surface area contributed by atoms with E-state index in [1.54, 1.807) is 27.5 Å². The molecule has 0 bridgehead atoms. The molecule has 0 aliphatic heterocycles. The maximum absolute atomic E-state index is 5.49. The number of hydrogen-bond acceptors (Lipinski definition) is 5. The molecule has 23 heavy (non-hydrogen) atoms. The van der Waals surface area contributed by atoms with E-state index >= 15 is 0 Å². The highest BCUT2D eigenvalue weighted by atomic mass is 16.5. The number of rotatable bonds is 5. The fourth-order valence-corrected chi connectivity index (χ4v) is 2.40. The van der Waals surface area contributed by atoms with Crippen molar-refractivity contribution in [2.24, 2.45) is 0 Å². The smallest absolute Gasteiger partial charge is 0.178 e. The first-order valence-electron chi connectivity index (χ1n) is 7.08. The van der Waals surface area contributed by atoms with Crippen LogP contribution in [0.3, 0.4) is 0 Å². The van der Waals surface area contributed by atoms with Crippen LogP contribution < -0.4 is 14.2 Å². The van der Waals surface area contributed by atoms with Crippen molar-refractivity contribution in [3.8, 4) is 39.7 Å². The topological polar surface area (TPSA) is 53.7 Å². The molecule has 5 nitrogen and oxygen atoms in total. The minimum absolute atomic E-state index is 0.630. The van der Waals surface area contributed by atoms with Crippen LogP contribution in [0.4, 0.5) is 0 Å². The van der Waals surface area contributed by atoms with E-state index < -0.39 is 0 Å². The monoisotopic (exact) mass is 311 g/mol. The summed E-state index contributed by atoms with van der Waals surface area (Å²) in [6.45, 7) is 0. The molecule has 0 aliphatic carbocycles. The Kier molecular flexibility index (Phi) is 4.19. The first kappa shape index (κ1) is 15.0. The summed E-state index contributed by atoms with van der Waals surface area (Å²) in [4.78, 5) is 0. The summed E-state index contributed by atoms with van der Waals surface area (Å²) in [5.41, 5.74) is 2.64. The molecule has 0 spiro atoms. The van der Waals surface area contributed by atoms with Crippen LogP contribution in [0.1, 0.15) is 0 Å². The summed E-state index contributed by atoms with van der Waals surface area (Å²) in [5.74, 6) is 2.84. The molecule has 5 heteroatoms. The quantitative estimate of drug-likeness (QED) is 0.712. The normalized spacial score (nSPS) is 10.4. The van der Waals surface area contributed by atoms with Crippen LogP contribution in [0, 0.1) is 0 Å². The van der Waals surface area contributed by atoms with E-state index in [-0.39, 0.29) is 0 Å². The van der Waals surface area contributed by atoms with Crippen LogP contribution in [0.5, 0.6) is 17.2 Å². The summed E-state index contributed by atoms with van der Waals surface area (Å²) in [6.07, 6.45) is 1.69. The largest absolute Gasteiger partial charge is 0.497 e. The number of nitrogens with zero attached hydrogens (tertiary/aromatic N) is 1. The molecule has 3 rings (SSSR count). The highest BCUT2D eigenvalue weighted by Gasteiger charge is 2.17. The lowest BCUT2D eigenvalue weighted by atomic mass is 10.0. The Morgan fingerprint density at radius 2 is 1.48 bits per heavy atom. The Labute approximate surface area is 134 Å². The lowest BCUT2D eigenvalue weighted by molar-refractivity contribution is 0.397. The summed E-state index contributed by atoms with van der Waals surface area (Å²) < 4.78 is 21.4. The van der Waals surface area contributed by atoms with Gasteiger partial charge >= 0.3 is 0 Å². The molecule has 1 aromatic heterocycles. The van der Waals surface area contributed by atoms with E-state index in [9.17, 15) is 0 Å². The zero-order valence-corrected chi connectivity index (χ0v) is 13.2. The highest BCUT2D eigenvalue weighted by Crippen LogP contribution is 2.39. The van der Waals surface area contributed by atoms with E-state index in [2.05, 4.69) is 5.16 Å². The Hall–Kier alpha value is -2.95. The van der Waals surface area contributed by atoms with Gasteiger partial charge < -0.3 is 18.7 Å². The van der Waals surface area contributed by atoms with Crippen LogP contribution in [0.2, 0.25) is 0 Å². The Bertz CT molecular complexity index is 793. The Morgan fingerprint density at radius 3 is 2.13 bits per heavy atom. The summed E-state index contributed by atoms with van der Waals surface area (Å²) in [6, 6.07) is 13.3. The molecular formula is C18H17NO4. The standard InChI is InChI=1S/C18H17NO4/c1-20-13-6-4-12(5-7-13)16-11-19-23-18(16)15-10-14(21-2)8-9-17(15)22-3/h4-11H,1-3H3. The van der Waals surface area contributed by atoms with Crippen LogP contribution >= 0.6 is 0 Å². The van der Waals surface area contributed by atoms with Gasteiger partial charge in [-0.05, 0) is 35.9 Å². The fraction of sp³-hybridized carbons (Fsp3) is 0.167. The van der Waals surface area contributed by atoms with Gasteiger partial charge in [-0.25, -0.2) is 0 Å². The van der Waals surface area contributed by atoms with Crippen molar-refractivity contribution >= 4 is 0 Å². The average Bonchev–Trinajstić information content (AvgIpc) is 3.10. The summed E-state index contributed by atoms with van der Waals surface area (Å²) in [7, 11) is 4.88. The lowest BCUT2D eigenvalue weighted by Gasteiger charge is -2.10. The molecule has 118 valence electrons. The van der Waals surface area contributed by atoms with Crippen LogP contribution in [-0.4, -0.2) is 26.5 Å². The average molecular weight is 311 g/mol. The third-order valence-electron chi connectivity index (χ3n) is 3.62. The Balaban J connectivity index is 2.10.